The molecule has 0 atom stereocenters. The van der Waals surface area contributed by atoms with Crippen molar-refractivity contribution in [1.29, 1.82) is 0 Å². The molecule has 4 heteroatoms. The van der Waals surface area contributed by atoms with Crippen molar-refractivity contribution in [2.24, 2.45) is 0 Å². The maximum absolute atomic E-state index is 13.4. The van der Waals surface area contributed by atoms with Gasteiger partial charge in [-0.2, -0.15) is 0 Å². The van der Waals surface area contributed by atoms with Gasteiger partial charge in [0.25, 0.3) is 0 Å². The summed E-state index contributed by atoms with van der Waals surface area (Å²) in [6, 6.07) is 2.49. The Balaban J connectivity index is 2.31. The van der Waals surface area contributed by atoms with Gasteiger partial charge in [-0.1, -0.05) is 0 Å². The number of rotatable bonds is 2. The summed E-state index contributed by atoms with van der Waals surface area (Å²) < 4.78 is 18.3. The lowest BCUT2D eigenvalue weighted by Gasteiger charge is -2.02. The lowest BCUT2D eigenvalue weighted by Crippen LogP contribution is -2.07. The van der Waals surface area contributed by atoms with E-state index in [0.717, 1.165) is 6.07 Å². The van der Waals surface area contributed by atoms with Crippen LogP contribution in [0.4, 0.5) is 4.39 Å². The van der Waals surface area contributed by atoms with Crippen LogP contribution in [0.15, 0.2) is 17.7 Å². The van der Waals surface area contributed by atoms with Crippen molar-refractivity contribution >= 4 is 12.0 Å². The first-order valence-electron chi connectivity index (χ1n) is 5.01. The fraction of sp³-hybridized carbons (Fsp3) is 0.250. The first-order valence-corrected chi connectivity index (χ1v) is 5.01. The van der Waals surface area contributed by atoms with Crippen molar-refractivity contribution in [2.45, 2.75) is 13.3 Å². The smallest absolute Gasteiger partial charge is 0.334 e. The van der Waals surface area contributed by atoms with Crippen molar-refractivity contribution < 1.29 is 19.0 Å². The summed E-state index contributed by atoms with van der Waals surface area (Å²) in [7, 11) is 0. The van der Waals surface area contributed by atoms with Gasteiger partial charge in [0.05, 0.1) is 6.61 Å². The molecule has 1 aromatic carbocycles. The van der Waals surface area contributed by atoms with Crippen molar-refractivity contribution in [3.63, 3.8) is 0 Å². The summed E-state index contributed by atoms with van der Waals surface area (Å²) in [6.07, 6.45) is 1.78. The Morgan fingerprint density at radius 2 is 2.31 bits per heavy atom. The van der Waals surface area contributed by atoms with E-state index in [-0.39, 0.29) is 5.75 Å². The zero-order chi connectivity index (χ0) is 11.7. The number of hydrogen-bond donors (Lipinski definition) is 1. The number of carbonyl (C=O) groups is 1. The Kier molecular flexibility index (Phi) is 2.64. The lowest BCUT2D eigenvalue weighted by atomic mass is 10.1. The molecule has 2 rings (SSSR count). The van der Waals surface area contributed by atoms with Crippen LogP contribution < -0.4 is 0 Å². The molecule has 0 aliphatic heterocycles. The number of fused-ring (bicyclic) bond motifs is 1. The van der Waals surface area contributed by atoms with Gasteiger partial charge in [0.1, 0.15) is 11.6 Å². The molecule has 0 unspecified atom stereocenters. The largest absolute Gasteiger partial charge is 0.508 e. The van der Waals surface area contributed by atoms with Gasteiger partial charge in [-0.15, -0.1) is 0 Å². The molecule has 1 aromatic rings. The van der Waals surface area contributed by atoms with E-state index in [0.29, 0.717) is 29.7 Å². The van der Waals surface area contributed by atoms with Gasteiger partial charge in [0, 0.05) is 23.6 Å². The van der Waals surface area contributed by atoms with Crippen molar-refractivity contribution in [2.75, 3.05) is 6.61 Å². The van der Waals surface area contributed by atoms with Gasteiger partial charge in [-0.05, 0) is 24.6 Å². The second-order valence-electron chi connectivity index (χ2n) is 3.57. The quantitative estimate of drug-likeness (QED) is 0.779. The van der Waals surface area contributed by atoms with Gasteiger partial charge in [-0.25, -0.2) is 9.18 Å². The number of esters is 1. The monoisotopic (exact) mass is 222 g/mol. The molecular weight excluding hydrogens is 211 g/mol. The molecule has 1 aliphatic rings. The zero-order valence-corrected chi connectivity index (χ0v) is 8.79. The Labute approximate surface area is 92.2 Å². The van der Waals surface area contributed by atoms with Gasteiger partial charge < -0.3 is 9.84 Å². The number of benzene rings is 1. The molecule has 0 spiro atoms. The summed E-state index contributed by atoms with van der Waals surface area (Å²) in [5.74, 6) is -1.08. The average molecular weight is 222 g/mol. The van der Waals surface area contributed by atoms with Gasteiger partial charge in [0.2, 0.25) is 0 Å². The van der Waals surface area contributed by atoms with E-state index >= 15 is 0 Å². The first kappa shape index (κ1) is 10.7. The molecule has 0 aromatic heterocycles. The topological polar surface area (TPSA) is 46.5 Å². The van der Waals surface area contributed by atoms with Crippen molar-refractivity contribution in [1.82, 2.24) is 0 Å². The molecule has 3 nitrogen and oxygen atoms in total. The molecule has 84 valence electrons. The summed E-state index contributed by atoms with van der Waals surface area (Å²) in [4.78, 5) is 11.4. The van der Waals surface area contributed by atoms with E-state index in [1.54, 1.807) is 6.92 Å². The van der Waals surface area contributed by atoms with Crippen LogP contribution in [-0.2, 0) is 16.0 Å². The molecule has 0 radical (unpaired) electrons. The number of hydrogen-bond acceptors (Lipinski definition) is 3. The highest BCUT2D eigenvalue weighted by atomic mass is 19.1. The molecule has 0 heterocycles. The van der Waals surface area contributed by atoms with E-state index in [4.69, 9.17) is 4.74 Å². The molecular formula is C12H11FO3. The Morgan fingerprint density at radius 3 is 3.00 bits per heavy atom. The van der Waals surface area contributed by atoms with Crippen molar-refractivity contribution in [3.8, 4) is 5.75 Å². The van der Waals surface area contributed by atoms with E-state index in [2.05, 4.69) is 0 Å². The highest BCUT2D eigenvalue weighted by Gasteiger charge is 2.22. The van der Waals surface area contributed by atoms with E-state index < -0.39 is 11.8 Å². The van der Waals surface area contributed by atoms with E-state index in [1.165, 1.54) is 12.1 Å². The molecule has 0 bridgehead atoms. The number of phenols is 1. The molecule has 0 saturated heterocycles. The molecule has 1 aliphatic carbocycles. The Morgan fingerprint density at radius 1 is 1.56 bits per heavy atom. The molecule has 0 fully saturated rings. The van der Waals surface area contributed by atoms with Gasteiger partial charge in [0.15, 0.2) is 0 Å². The number of ether oxygens (including phenoxy) is 1. The van der Waals surface area contributed by atoms with Crippen LogP contribution in [0.5, 0.6) is 5.75 Å². The fourth-order valence-electron chi connectivity index (χ4n) is 1.75. The van der Waals surface area contributed by atoms with Crippen LogP contribution in [0.2, 0.25) is 0 Å². The summed E-state index contributed by atoms with van der Waals surface area (Å²) in [5, 5.41) is 9.23. The predicted molar refractivity (Wildman–Crippen MR) is 56.4 cm³/mol. The lowest BCUT2D eigenvalue weighted by molar-refractivity contribution is -0.138. The molecule has 16 heavy (non-hydrogen) atoms. The third kappa shape index (κ3) is 1.78. The second kappa shape index (κ2) is 3.96. The maximum atomic E-state index is 13.4. The fourth-order valence-corrected chi connectivity index (χ4v) is 1.75. The third-order valence-electron chi connectivity index (χ3n) is 2.44. The summed E-state index contributed by atoms with van der Waals surface area (Å²) in [6.45, 7) is 2.01. The zero-order valence-electron chi connectivity index (χ0n) is 8.79. The molecule has 0 amide bonds. The van der Waals surface area contributed by atoms with Gasteiger partial charge >= 0.3 is 5.97 Å². The van der Waals surface area contributed by atoms with E-state index in [1.807, 2.05) is 0 Å². The minimum Gasteiger partial charge on any atom is -0.508 e. The number of phenolic OH excluding ortho intramolecular Hbond substituents is 1. The SMILES string of the molecule is CCOC(=O)C1=Cc2c(F)cc(O)cc2C1. The normalized spacial score (nSPS) is 13.2. The maximum Gasteiger partial charge on any atom is 0.334 e. The minimum absolute atomic E-state index is 0.130. The third-order valence-corrected chi connectivity index (χ3v) is 2.44. The summed E-state index contributed by atoms with van der Waals surface area (Å²) >= 11 is 0. The van der Waals surface area contributed by atoms with Crippen LogP contribution in [0.1, 0.15) is 18.1 Å². The summed E-state index contributed by atoms with van der Waals surface area (Å²) in [5.41, 5.74) is 1.39. The molecule has 0 saturated carbocycles. The second-order valence-corrected chi connectivity index (χ2v) is 3.57. The van der Waals surface area contributed by atoms with Crippen LogP contribution in [-0.4, -0.2) is 17.7 Å². The van der Waals surface area contributed by atoms with Gasteiger partial charge in [-0.3, -0.25) is 0 Å². The highest BCUT2D eigenvalue weighted by Crippen LogP contribution is 2.31. The molecule has 1 N–H and O–H groups in total. The minimum atomic E-state index is -0.519. The van der Waals surface area contributed by atoms with Crippen LogP contribution in [0, 0.1) is 5.82 Å². The van der Waals surface area contributed by atoms with E-state index in [9.17, 15) is 14.3 Å². The number of aromatic hydroxyl groups is 1. The van der Waals surface area contributed by atoms with Crippen molar-refractivity contribution in [3.05, 3.63) is 34.6 Å². The first-order chi connectivity index (χ1) is 7.61. The Bertz CT molecular complexity index is 477. The number of carbonyl (C=O) groups excluding carboxylic acids is 1. The standard InChI is InChI=1S/C12H11FO3/c1-2-16-12(15)8-3-7-4-9(14)6-11(13)10(7)5-8/h4-6,14H,2-3H2,1H3. The number of halogens is 1. The Hall–Kier alpha value is -1.84. The van der Waals surface area contributed by atoms with Crippen LogP contribution in [0.3, 0.4) is 0 Å². The highest BCUT2D eigenvalue weighted by molar-refractivity contribution is 5.96. The van der Waals surface area contributed by atoms with Crippen LogP contribution in [0.25, 0.3) is 6.08 Å². The van der Waals surface area contributed by atoms with Crippen LogP contribution >= 0.6 is 0 Å². The predicted octanol–water partition coefficient (Wildman–Crippen LogP) is 2.03. The average Bonchev–Trinajstić information content (AvgIpc) is 2.62.